The summed E-state index contributed by atoms with van der Waals surface area (Å²) in [7, 11) is 0. The number of hydrogen-bond donors (Lipinski definition) is 1. The zero-order valence-electron chi connectivity index (χ0n) is 6.72. The maximum Gasteiger partial charge on any atom is 0.316 e. The van der Waals surface area contributed by atoms with Crippen molar-refractivity contribution in [3.63, 3.8) is 0 Å². The van der Waals surface area contributed by atoms with Crippen LogP contribution in [0.2, 0.25) is 0 Å². The first-order valence-electron chi connectivity index (χ1n) is 3.81. The fourth-order valence-electron chi connectivity index (χ4n) is 1.04. The van der Waals surface area contributed by atoms with Crippen LogP contribution in [0.1, 0.15) is 33.6 Å². The van der Waals surface area contributed by atoms with Gasteiger partial charge in [-0.05, 0) is 18.3 Å². The van der Waals surface area contributed by atoms with E-state index in [1.165, 1.54) is 0 Å². The molecule has 0 saturated carbocycles. The number of hydrogen-bond acceptors (Lipinski definition) is 1. The monoisotopic (exact) mass is 156 g/mol. The van der Waals surface area contributed by atoms with Crippen LogP contribution in [-0.2, 0) is 0 Å². The largest absolute Gasteiger partial charge is 0.396 e. The molecule has 0 fully saturated rings. The van der Waals surface area contributed by atoms with Gasteiger partial charge in [0.05, 0.1) is 0 Å². The summed E-state index contributed by atoms with van der Waals surface area (Å²) in [5.41, 5.74) is 0. The van der Waals surface area contributed by atoms with E-state index in [0.717, 1.165) is 18.8 Å². The van der Waals surface area contributed by atoms with Crippen molar-refractivity contribution in [1.29, 1.82) is 0 Å². The van der Waals surface area contributed by atoms with E-state index in [-0.39, 0.29) is 23.1 Å². The van der Waals surface area contributed by atoms with Gasteiger partial charge in [-0.1, -0.05) is 27.2 Å². The highest BCUT2D eigenvalue weighted by molar-refractivity contribution is 5.75. The van der Waals surface area contributed by atoms with Gasteiger partial charge < -0.3 is 5.11 Å². The third-order valence-electron chi connectivity index (χ3n) is 1.64. The fourth-order valence-corrected chi connectivity index (χ4v) is 1.04. The third kappa shape index (κ3) is 6.84. The van der Waals surface area contributed by atoms with Crippen molar-refractivity contribution < 1.29 is 5.11 Å². The molecule has 10 heavy (non-hydrogen) atoms. The molecule has 0 aliphatic carbocycles. The van der Waals surface area contributed by atoms with Crippen molar-refractivity contribution in [1.82, 2.24) is 0 Å². The van der Waals surface area contributed by atoms with Gasteiger partial charge in [0.15, 0.2) is 0 Å². The van der Waals surface area contributed by atoms with Gasteiger partial charge in [0, 0.05) is 6.61 Å². The van der Waals surface area contributed by atoms with E-state index in [9.17, 15) is 0 Å². The summed E-state index contributed by atoms with van der Waals surface area (Å²) in [4.78, 5) is 0. The molecule has 0 rings (SSSR count). The van der Waals surface area contributed by atoms with Crippen LogP contribution >= 0.6 is 0 Å². The van der Waals surface area contributed by atoms with Crippen molar-refractivity contribution >= 4 is 23.1 Å². The highest BCUT2D eigenvalue weighted by Crippen LogP contribution is 2.13. The van der Waals surface area contributed by atoms with Crippen LogP contribution in [0.15, 0.2) is 0 Å². The Labute approximate surface area is 80.4 Å². The van der Waals surface area contributed by atoms with Crippen molar-refractivity contribution in [3.05, 3.63) is 0 Å². The minimum atomic E-state index is 0. The lowest BCUT2D eigenvalue weighted by atomic mass is 9.96. The zero-order chi connectivity index (χ0) is 7.28. The molecule has 1 unspecified atom stereocenters. The van der Waals surface area contributed by atoms with Gasteiger partial charge in [-0.3, -0.25) is 0 Å². The van der Waals surface area contributed by atoms with E-state index in [1.54, 1.807) is 0 Å². The quantitative estimate of drug-likeness (QED) is 0.605. The lowest BCUT2D eigenvalue weighted by Gasteiger charge is -2.12. The molecule has 0 bridgehead atoms. The molecule has 0 saturated heterocycles. The van der Waals surface area contributed by atoms with Gasteiger partial charge in [-0.25, -0.2) is 0 Å². The lowest BCUT2D eigenvalue weighted by Crippen LogP contribution is -2.07. The zero-order valence-corrected chi connectivity index (χ0v) is 6.72. The van der Waals surface area contributed by atoms with E-state index >= 15 is 0 Å². The first kappa shape index (κ1) is 13.3. The summed E-state index contributed by atoms with van der Waals surface area (Å²) in [6.45, 7) is 6.87. The second-order valence-electron chi connectivity index (χ2n) is 3.09. The Kier molecular flexibility index (Phi) is 10.4. The van der Waals surface area contributed by atoms with Crippen LogP contribution < -0.4 is 0 Å². The maximum atomic E-state index is 8.77. The van der Waals surface area contributed by atoms with Crippen LogP contribution in [0.4, 0.5) is 0 Å². The molecular formula is C8H20MgO. The Morgan fingerprint density at radius 2 is 1.80 bits per heavy atom. The second-order valence-corrected chi connectivity index (χ2v) is 3.09. The molecule has 2 heteroatoms. The van der Waals surface area contributed by atoms with E-state index in [4.69, 9.17) is 5.11 Å². The highest BCUT2D eigenvalue weighted by atomic mass is 24.3. The Morgan fingerprint density at radius 3 is 1.90 bits per heavy atom. The molecule has 60 valence electrons. The summed E-state index contributed by atoms with van der Waals surface area (Å²) in [5.74, 6) is 1.26. The molecule has 0 aromatic carbocycles. The first-order valence-corrected chi connectivity index (χ1v) is 3.81. The average molecular weight is 157 g/mol. The fraction of sp³-hybridized carbons (Fsp3) is 1.00. The Hall–Kier alpha value is 0.726. The molecule has 0 radical (unpaired) electrons. The standard InChI is InChI=1S/C8H18O.Mg.2H/c1-4-8(6-9)5-7(2)3;;;/h7-9H,4-6H2,1-3H3;;;. The molecule has 0 heterocycles. The van der Waals surface area contributed by atoms with E-state index in [2.05, 4.69) is 20.8 Å². The summed E-state index contributed by atoms with van der Waals surface area (Å²) in [5, 5.41) is 8.77. The predicted molar refractivity (Wildman–Crippen MR) is 48.9 cm³/mol. The van der Waals surface area contributed by atoms with Crippen LogP contribution in [0.5, 0.6) is 0 Å². The Balaban J connectivity index is 0. The SMILES string of the molecule is CCC(CO)CC(C)C.[MgH2]. The van der Waals surface area contributed by atoms with Crippen LogP contribution in [0.3, 0.4) is 0 Å². The minimum Gasteiger partial charge on any atom is -0.396 e. The molecule has 0 aromatic heterocycles. The Bertz CT molecular complexity index is 60.3. The maximum absolute atomic E-state index is 8.77. The van der Waals surface area contributed by atoms with Crippen LogP contribution in [0, 0.1) is 11.8 Å². The Morgan fingerprint density at radius 1 is 1.30 bits per heavy atom. The van der Waals surface area contributed by atoms with Crippen LogP contribution in [0.25, 0.3) is 0 Å². The predicted octanol–water partition coefficient (Wildman–Crippen LogP) is 1.13. The van der Waals surface area contributed by atoms with Crippen molar-refractivity contribution in [2.45, 2.75) is 33.6 Å². The summed E-state index contributed by atoms with van der Waals surface area (Å²) < 4.78 is 0. The number of aliphatic hydroxyl groups is 1. The molecule has 0 amide bonds. The third-order valence-corrected chi connectivity index (χ3v) is 1.64. The van der Waals surface area contributed by atoms with E-state index in [1.807, 2.05) is 0 Å². The smallest absolute Gasteiger partial charge is 0.316 e. The van der Waals surface area contributed by atoms with Gasteiger partial charge >= 0.3 is 23.1 Å². The molecule has 0 spiro atoms. The van der Waals surface area contributed by atoms with Gasteiger partial charge in [0.25, 0.3) is 0 Å². The lowest BCUT2D eigenvalue weighted by molar-refractivity contribution is 0.202. The normalized spacial score (nSPS) is 12.9. The molecule has 0 aliphatic rings. The molecule has 1 N–H and O–H groups in total. The topological polar surface area (TPSA) is 20.2 Å². The molecule has 1 atom stereocenters. The van der Waals surface area contributed by atoms with Gasteiger partial charge in [0.2, 0.25) is 0 Å². The van der Waals surface area contributed by atoms with Crippen LogP contribution in [-0.4, -0.2) is 34.8 Å². The second kappa shape index (κ2) is 7.83. The number of aliphatic hydroxyl groups excluding tert-OH is 1. The summed E-state index contributed by atoms with van der Waals surface area (Å²) in [6.07, 6.45) is 2.27. The molecule has 0 aliphatic heterocycles. The molecule has 1 nitrogen and oxygen atoms in total. The summed E-state index contributed by atoms with van der Waals surface area (Å²) in [6, 6.07) is 0. The first-order chi connectivity index (χ1) is 4.20. The van der Waals surface area contributed by atoms with Gasteiger partial charge in [-0.15, -0.1) is 0 Å². The molecule has 0 aromatic rings. The highest BCUT2D eigenvalue weighted by Gasteiger charge is 2.05. The van der Waals surface area contributed by atoms with Crippen molar-refractivity contribution in [2.75, 3.05) is 6.61 Å². The average Bonchev–Trinajstić information content (AvgIpc) is 1.82. The van der Waals surface area contributed by atoms with Gasteiger partial charge in [-0.2, -0.15) is 0 Å². The molecular weight excluding hydrogens is 136 g/mol. The van der Waals surface area contributed by atoms with Crippen molar-refractivity contribution in [3.8, 4) is 0 Å². The van der Waals surface area contributed by atoms with Gasteiger partial charge in [0.1, 0.15) is 0 Å². The van der Waals surface area contributed by atoms with Crippen molar-refractivity contribution in [2.24, 2.45) is 11.8 Å². The minimum absolute atomic E-state index is 0. The van der Waals surface area contributed by atoms with E-state index in [0.29, 0.717) is 12.5 Å². The van der Waals surface area contributed by atoms with E-state index < -0.39 is 0 Å². The summed E-state index contributed by atoms with van der Waals surface area (Å²) >= 11 is 0. The number of rotatable bonds is 4.